The zero-order chi connectivity index (χ0) is 26.9. The van der Waals surface area contributed by atoms with Crippen LogP contribution in [0.4, 0.5) is 0 Å². The van der Waals surface area contributed by atoms with Crippen molar-refractivity contribution in [1.29, 1.82) is 0 Å². The third kappa shape index (κ3) is 5.32. The number of rotatable bonds is 8. The van der Waals surface area contributed by atoms with Crippen molar-refractivity contribution in [3.63, 3.8) is 0 Å². The maximum absolute atomic E-state index is 12.1. The van der Waals surface area contributed by atoms with Gasteiger partial charge in [-0.25, -0.2) is 4.79 Å². The molecule has 0 aliphatic carbocycles. The highest BCUT2D eigenvalue weighted by molar-refractivity contribution is 5.87. The molecule has 0 aromatic heterocycles. The maximum atomic E-state index is 12.1. The number of nitrogens with one attached hydrogen (secondary N) is 1. The monoisotopic (exact) mass is 523 g/mol. The Kier molecular flexibility index (Phi) is 8.39. The van der Waals surface area contributed by atoms with E-state index in [-0.39, 0.29) is 23.8 Å². The summed E-state index contributed by atoms with van der Waals surface area (Å²) in [5.41, 5.74) is 1.77. The molecule has 1 aromatic carbocycles. The molecule has 1 saturated heterocycles. The predicted octanol–water partition coefficient (Wildman–Crippen LogP) is -0.463. The van der Waals surface area contributed by atoms with Gasteiger partial charge in [0.05, 0.1) is 25.6 Å². The van der Waals surface area contributed by atoms with Gasteiger partial charge in [-0.2, -0.15) is 0 Å². The zero-order valence-corrected chi connectivity index (χ0v) is 20.3. The van der Waals surface area contributed by atoms with Crippen LogP contribution in [0.15, 0.2) is 36.6 Å². The van der Waals surface area contributed by atoms with E-state index in [1.807, 2.05) is 0 Å². The van der Waals surface area contributed by atoms with Crippen LogP contribution in [-0.4, -0.2) is 93.9 Å². The molecule has 1 aromatic rings. The Morgan fingerprint density at radius 3 is 2.62 bits per heavy atom. The van der Waals surface area contributed by atoms with E-state index in [0.717, 1.165) is 17.4 Å². The molecule has 3 heterocycles. The number of phenolic OH excluding ortho intramolecular Hbond substituents is 1. The van der Waals surface area contributed by atoms with Crippen molar-refractivity contribution in [1.82, 2.24) is 5.32 Å². The number of methoxy groups -OCH3 is 1. The number of carboxylic acids is 1. The molecule has 0 unspecified atom stereocenters. The normalized spacial score (nSPS) is 35.6. The summed E-state index contributed by atoms with van der Waals surface area (Å²) in [5.74, 6) is -2.24. The smallest absolute Gasteiger partial charge is 0.334 e. The number of carboxylic acid groups (broad SMARTS) is 1. The first-order valence-electron chi connectivity index (χ1n) is 12.0. The van der Waals surface area contributed by atoms with Gasteiger partial charge in [0, 0.05) is 17.9 Å². The minimum absolute atomic E-state index is 0.00907. The SMILES string of the molecule is C=C[C@H]1[C@H](O[C@@H]2O[C@H](CO)[C@@H](O)[C@H](O)[C@H]2O)OC=C(C(=O)O)[C@H]1C[C@H]1NCCc2cc(OC)c(O)cc21. The molecule has 12 nitrogen and oxygen atoms in total. The van der Waals surface area contributed by atoms with E-state index in [9.17, 15) is 35.4 Å². The number of phenols is 1. The van der Waals surface area contributed by atoms with E-state index in [1.54, 1.807) is 12.1 Å². The highest BCUT2D eigenvalue weighted by Crippen LogP contribution is 2.42. The third-order valence-corrected chi connectivity index (χ3v) is 7.23. The molecule has 3 aliphatic rings. The topological polar surface area (TPSA) is 187 Å². The molecular weight excluding hydrogens is 490 g/mol. The fourth-order valence-corrected chi connectivity index (χ4v) is 5.21. The van der Waals surface area contributed by atoms with Crippen LogP contribution in [0.25, 0.3) is 0 Å². The van der Waals surface area contributed by atoms with Crippen molar-refractivity contribution >= 4 is 5.97 Å². The van der Waals surface area contributed by atoms with Crippen molar-refractivity contribution in [3.8, 4) is 11.5 Å². The summed E-state index contributed by atoms with van der Waals surface area (Å²) in [7, 11) is 1.47. The van der Waals surface area contributed by atoms with Gasteiger partial charge in [0.15, 0.2) is 17.8 Å². The molecule has 7 N–H and O–H groups in total. The Labute approximate surface area is 213 Å². The molecular formula is C25H33NO11. The maximum Gasteiger partial charge on any atom is 0.334 e. The molecule has 37 heavy (non-hydrogen) atoms. The van der Waals surface area contributed by atoms with E-state index >= 15 is 0 Å². The summed E-state index contributed by atoms with van der Waals surface area (Å²) in [6.45, 7) is 3.84. The molecule has 0 spiro atoms. The number of aromatic hydroxyl groups is 1. The van der Waals surface area contributed by atoms with Gasteiger partial charge in [0.2, 0.25) is 6.29 Å². The molecule has 4 rings (SSSR count). The molecule has 1 fully saturated rings. The molecule has 0 radical (unpaired) electrons. The van der Waals surface area contributed by atoms with Gasteiger partial charge in [-0.05, 0) is 42.6 Å². The van der Waals surface area contributed by atoms with Crippen LogP contribution in [0.2, 0.25) is 0 Å². The first-order chi connectivity index (χ1) is 17.7. The van der Waals surface area contributed by atoms with Crippen LogP contribution in [0.1, 0.15) is 23.6 Å². The van der Waals surface area contributed by atoms with Gasteiger partial charge in [-0.3, -0.25) is 0 Å². The van der Waals surface area contributed by atoms with E-state index in [2.05, 4.69) is 11.9 Å². The first kappa shape index (κ1) is 27.3. The second kappa shape index (κ2) is 11.4. The fraction of sp³-hybridized carbons (Fsp3) is 0.560. The number of hydrogen-bond acceptors (Lipinski definition) is 11. The molecule has 0 saturated carbocycles. The van der Waals surface area contributed by atoms with Crippen molar-refractivity contribution in [2.45, 2.75) is 55.9 Å². The van der Waals surface area contributed by atoms with Crippen LogP contribution in [-0.2, 0) is 25.4 Å². The van der Waals surface area contributed by atoms with Gasteiger partial charge >= 0.3 is 5.97 Å². The minimum atomic E-state index is -1.65. The standard InChI is InChI=1S/C25H33NO11/c1-3-12-14(7-16-13-8-17(28)18(34-2)6-11(13)4-5-26-16)15(23(32)33)10-35-24(12)37-25-22(31)21(30)20(29)19(9-27)36-25/h3,6,8,10,12,14,16,19-22,24-31H,1,4-5,7,9H2,2H3,(H,32,33)/t12-,14+,16-,19-,20-,21+,22-,24+,25+/m1/s1. The number of carbonyl (C=O) groups is 1. The lowest BCUT2D eigenvalue weighted by atomic mass is 9.77. The van der Waals surface area contributed by atoms with Gasteiger partial charge in [0.1, 0.15) is 24.4 Å². The third-order valence-electron chi connectivity index (χ3n) is 7.23. The number of ether oxygens (including phenoxy) is 4. The van der Waals surface area contributed by atoms with E-state index in [0.29, 0.717) is 18.7 Å². The molecule has 12 heteroatoms. The number of benzene rings is 1. The molecule has 204 valence electrons. The average Bonchev–Trinajstić information content (AvgIpc) is 2.88. The van der Waals surface area contributed by atoms with E-state index in [1.165, 1.54) is 13.2 Å². The Balaban J connectivity index is 1.60. The number of hydrogen-bond donors (Lipinski definition) is 7. The van der Waals surface area contributed by atoms with Crippen molar-refractivity contribution in [3.05, 3.63) is 47.7 Å². The second-order valence-electron chi connectivity index (χ2n) is 9.35. The summed E-state index contributed by atoms with van der Waals surface area (Å²) >= 11 is 0. The summed E-state index contributed by atoms with van der Waals surface area (Å²) in [6.07, 6.45) is -5.10. The Morgan fingerprint density at radius 2 is 1.97 bits per heavy atom. The lowest BCUT2D eigenvalue weighted by molar-refractivity contribution is -0.339. The van der Waals surface area contributed by atoms with Crippen molar-refractivity contribution in [2.75, 3.05) is 20.3 Å². The first-order valence-corrected chi connectivity index (χ1v) is 12.0. The second-order valence-corrected chi connectivity index (χ2v) is 9.35. The average molecular weight is 524 g/mol. The minimum Gasteiger partial charge on any atom is -0.504 e. The van der Waals surface area contributed by atoms with Gasteiger partial charge < -0.3 is 54.9 Å². The van der Waals surface area contributed by atoms with Gasteiger partial charge in [-0.1, -0.05) is 6.08 Å². The Morgan fingerprint density at radius 1 is 1.22 bits per heavy atom. The van der Waals surface area contributed by atoms with Crippen molar-refractivity contribution < 1.29 is 54.4 Å². The highest BCUT2D eigenvalue weighted by atomic mass is 16.8. The predicted molar refractivity (Wildman–Crippen MR) is 126 cm³/mol. The van der Waals surface area contributed by atoms with E-state index in [4.69, 9.17) is 18.9 Å². The number of aliphatic hydroxyl groups is 4. The molecule has 0 amide bonds. The van der Waals surface area contributed by atoms with Crippen LogP contribution in [0.5, 0.6) is 11.5 Å². The van der Waals surface area contributed by atoms with E-state index < -0.39 is 61.4 Å². The van der Waals surface area contributed by atoms with Crippen LogP contribution in [0, 0.1) is 11.8 Å². The molecule has 3 aliphatic heterocycles. The van der Waals surface area contributed by atoms with Crippen LogP contribution in [0.3, 0.4) is 0 Å². The van der Waals surface area contributed by atoms with Crippen molar-refractivity contribution in [2.24, 2.45) is 11.8 Å². The molecule has 9 atom stereocenters. The summed E-state index contributed by atoms with van der Waals surface area (Å²) in [4.78, 5) is 12.1. The van der Waals surface area contributed by atoms with Crippen LogP contribution < -0.4 is 10.1 Å². The number of aliphatic hydroxyl groups excluding tert-OH is 4. The fourth-order valence-electron chi connectivity index (χ4n) is 5.21. The summed E-state index contributed by atoms with van der Waals surface area (Å²) in [6, 6.07) is 3.06. The van der Waals surface area contributed by atoms with Gasteiger partial charge in [-0.15, -0.1) is 6.58 Å². The number of aliphatic carboxylic acids is 1. The largest absolute Gasteiger partial charge is 0.504 e. The number of fused-ring (bicyclic) bond motifs is 1. The summed E-state index contributed by atoms with van der Waals surface area (Å²) in [5, 5.41) is 63.6. The lowest BCUT2D eigenvalue weighted by Gasteiger charge is -2.43. The quantitative estimate of drug-likeness (QED) is 0.218. The molecule has 0 bridgehead atoms. The zero-order valence-electron chi connectivity index (χ0n) is 20.3. The Hall–Kier alpha value is -2.71. The van der Waals surface area contributed by atoms with Crippen LogP contribution >= 0.6 is 0 Å². The Bertz CT molecular complexity index is 1030. The lowest BCUT2D eigenvalue weighted by Crippen LogP contribution is -2.60. The highest BCUT2D eigenvalue weighted by Gasteiger charge is 2.48. The summed E-state index contributed by atoms with van der Waals surface area (Å²) < 4.78 is 22.0. The van der Waals surface area contributed by atoms with Gasteiger partial charge in [0.25, 0.3) is 0 Å².